The first-order chi connectivity index (χ1) is 13.6. The minimum Gasteiger partial charge on any atom is -0.477 e. The van der Waals surface area contributed by atoms with Crippen LogP contribution in [-0.2, 0) is 6.54 Å². The Morgan fingerprint density at radius 1 is 1.11 bits per heavy atom. The second-order valence-corrected chi connectivity index (χ2v) is 7.27. The van der Waals surface area contributed by atoms with Crippen LogP contribution in [0.2, 0.25) is 0 Å². The average Bonchev–Trinajstić information content (AvgIpc) is 3.18. The number of hydrogen-bond donors (Lipinski definition) is 3. The van der Waals surface area contributed by atoms with Gasteiger partial charge in [-0.2, -0.15) is 0 Å². The molecule has 1 amide bonds. The topological polar surface area (TPSA) is 99.4 Å². The molecule has 144 valence electrons. The summed E-state index contributed by atoms with van der Waals surface area (Å²) in [5, 5.41) is 9.86. The van der Waals surface area contributed by atoms with Gasteiger partial charge in [-0.25, -0.2) is 4.79 Å². The fourth-order valence-electron chi connectivity index (χ4n) is 4.02. The van der Waals surface area contributed by atoms with E-state index in [1.165, 1.54) is 11.6 Å². The number of nitrogens with zero attached hydrogens (tertiary/aromatic N) is 1. The largest absolute Gasteiger partial charge is 0.477 e. The van der Waals surface area contributed by atoms with Gasteiger partial charge >= 0.3 is 5.97 Å². The molecule has 0 radical (unpaired) electrons. The Kier molecular flexibility index (Phi) is 4.88. The van der Waals surface area contributed by atoms with Crippen molar-refractivity contribution >= 4 is 22.8 Å². The van der Waals surface area contributed by atoms with Crippen LogP contribution in [0.15, 0.2) is 48.5 Å². The summed E-state index contributed by atoms with van der Waals surface area (Å²) in [5.74, 6) is -0.650. The van der Waals surface area contributed by atoms with Crippen molar-refractivity contribution in [2.75, 3.05) is 13.1 Å². The number of aromatic amines is 1. The van der Waals surface area contributed by atoms with Gasteiger partial charge < -0.3 is 20.7 Å². The molecule has 0 spiro atoms. The number of carbonyl (C=O) groups excluding carboxylic acids is 1. The molecule has 6 heteroatoms. The van der Waals surface area contributed by atoms with Crippen LogP contribution in [0.1, 0.15) is 50.7 Å². The number of H-pyrrole nitrogens is 1. The Balaban J connectivity index is 1.51. The second-order valence-electron chi connectivity index (χ2n) is 7.27. The standard InChI is InChI=1S/C22H23N3O3/c23-13-14-3-1-4-16(11-14)15-7-9-25(10-8-15)21(26)17-5-2-6-19-18(17)12-20(24-19)22(27)28/h1-6,11-12,15,24H,7-10,13,23H2,(H,27,28). The van der Waals surface area contributed by atoms with Gasteiger partial charge in [-0.1, -0.05) is 30.3 Å². The van der Waals surface area contributed by atoms with Gasteiger partial charge in [0.1, 0.15) is 5.69 Å². The summed E-state index contributed by atoms with van der Waals surface area (Å²) in [6, 6.07) is 15.2. The Labute approximate surface area is 163 Å². The van der Waals surface area contributed by atoms with Crippen LogP contribution in [0.25, 0.3) is 10.9 Å². The first-order valence-electron chi connectivity index (χ1n) is 9.50. The highest BCUT2D eigenvalue weighted by Gasteiger charge is 2.26. The van der Waals surface area contributed by atoms with Crippen LogP contribution in [0.4, 0.5) is 0 Å². The monoisotopic (exact) mass is 377 g/mol. The van der Waals surface area contributed by atoms with E-state index < -0.39 is 5.97 Å². The number of nitrogens with two attached hydrogens (primary N) is 1. The van der Waals surface area contributed by atoms with Gasteiger partial charge in [-0.15, -0.1) is 0 Å². The molecule has 28 heavy (non-hydrogen) atoms. The number of hydrogen-bond acceptors (Lipinski definition) is 3. The molecule has 4 N–H and O–H groups in total. The van der Waals surface area contributed by atoms with Crippen molar-refractivity contribution in [2.24, 2.45) is 5.73 Å². The van der Waals surface area contributed by atoms with Crippen LogP contribution in [0, 0.1) is 0 Å². The van der Waals surface area contributed by atoms with Crippen molar-refractivity contribution in [1.29, 1.82) is 0 Å². The van der Waals surface area contributed by atoms with Gasteiger partial charge in [0.05, 0.1) is 0 Å². The van der Waals surface area contributed by atoms with Crippen LogP contribution in [-0.4, -0.2) is 40.0 Å². The van der Waals surface area contributed by atoms with E-state index in [2.05, 4.69) is 17.1 Å². The summed E-state index contributed by atoms with van der Waals surface area (Å²) in [6.07, 6.45) is 1.81. The fraction of sp³-hybridized carbons (Fsp3) is 0.273. The highest BCUT2D eigenvalue weighted by molar-refractivity contribution is 6.08. The van der Waals surface area contributed by atoms with Gasteiger partial charge in [-0.05, 0) is 48.1 Å². The van der Waals surface area contributed by atoms with Crippen molar-refractivity contribution in [1.82, 2.24) is 9.88 Å². The molecule has 0 unspecified atom stereocenters. The number of carboxylic acid groups (broad SMARTS) is 1. The van der Waals surface area contributed by atoms with E-state index in [0.29, 0.717) is 42.0 Å². The zero-order valence-electron chi connectivity index (χ0n) is 15.5. The molecular weight excluding hydrogens is 354 g/mol. The number of rotatable bonds is 4. The molecule has 0 atom stereocenters. The van der Waals surface area contributed by atoms with Crippen molar-refractivity contribution in [2.45, 2.75) is 25.3 Å². The third kappa shape index (κ3) is 3.39. The normalized spacial score (nSPS) is 15.1. The van der Waals surface area contributed by atoms with Crippen molar-refractivity contribution in [3.8, 4) is 0 Å². The van der Waals surface area contributed by atoms with Gasteiger partial charge in [0, 0.05) is 36.1 Å². The summed E-state index contributed by atoms with van der Waals surface area (Å²) in [6.45, 7) is 1.90. The van der Waals surface area contributed by atoms with E-state index in [-0.39, 0.29) is 11.6 Å². The van der Waals surface area contributed by atoms with Crippen molar-refractivity contribution < 1.29 is 14.7 Å². The summed E-state index contributed by atoms with van der Waals surface area (Å²) >= 11 is 0. The predicted molar refractivity (Wildman–Crippen MR) is 107 cm³/mol. The number of benzene rings is 2. The number of aromatic carboxylic acids is 1. The molecule has 1 aromatic heterocycles. The maximum atomic E-state index is 13.1. The molecule has 1 aliphatic heterocycles. The lowest BCUT2D eigenvalue weighted by Gasteiger charge is -2.32. The van der Waals surface area contributed by atoms with Crippen LogP contribution < -0.4 is 5.73 Å². The lowest BCUT2D eigenvalue weighted by molar-refractivity contribution is 0.0687. The minimum atomic E-state index is -1.03. The Bertz CT molecular complexity index is 1030. The molecule has 4 rings (SSSR count). The average molecular weight is 377 g/mol. The molecule has 6 nitrogen and oxygen atoms in total. The molecule has 2 aromatic carbocycles. The summed E-state index contributed by atoms with van der Waals surface area (Å²) in [7, 11) is 0. The van der Waals surface area contributed by atoms with Crippen LogP contribution >= 0.6 is 0 Å². The van der Waals surface area contributed by atoms with Gasteiger partial charge in [0.15, 0.2) is 0 Å². The number of aromatic nitrogens is 1. The highest BCUT2D eigenvalue weighted by atomic mass is 16.4. The SMILES string of the molecule is NCc1cccc(C2CCN(C(=O)c3cccc4[nH]c(C(=O)O)cc34)CC2)c1. The molecule has 1 saturated heterocycles. The zero-order chi connectivity index (χ0) is 19.7. The quantitative estimate of drug-likeness (QED) is 0.649. The number of fused-ring (bicyclic) bond motifs is 1. The highest BCUT2D eigenvalue weighted by Crippen LogP contribution is 2.30. The Hall–Kier alpha value is -3.12. The van der Waals surface area contributed by atoms with Gasteiger partial charge in [0.25, 0.3) is 5.91 Å². The van der Waals surface area contributed by atoms with Gasteiger partial charge in [-0.3, -0.25) is 4.79 Å². The first-order valence-corrected chi connectivity index (χ1v) is 9.50. The Morgan fingerprint density at radius 3 is 2.57 bits per heavy atom. The van der Waals surface area contributed by atoms with Crippen LogP contribution in [0.5, 0.6) is 0 Å². The molecule has 0 aliphatic carbocycles. The number of amides is 1. The maximum Gasteiger partial charge on any atom is 0.352 e. The van der Waals surface area contributed by atoms with Crippen molar-refractivity contribution in [3.63, 3.8) is 0 Å². The zero-order valence-corrected chi connectivity index (χ0v) is 15.5. The third-order valence-corrected chi connectivity index (χ3v) is 5.57. The summed E-state index contributed by atoms with van der Waals surface area (Å²) < 4.78 is 0. The maximum absolute atomic E-state index is 13.1. The predicted octanol–water partition coefficient (Wildman–Crippen LogP) is 3.34. The molecule has 0 bridgehead atoms. The van der Waals surface area contributed by atoms with E-state index in [1.807, 2.05) is 17.0 Å². The van der Waals surface area contributed by atoms with Crippen molar-refractivity contribution in [3.05, 3.63) is 70.9 Å². The van der Waals surface area contributed by atoms with Gasteiger partial charge in [0.2, 0.25) is 0 Å². The van der Waals surface area contributed by atoms with Crippen LogP contribution in [0.3, 0.4) is 0 Å². The van der Waals surface area contributed by atoms with E-state index in [0.717, 1.165) is 18.4 Å². The molecule has 0 saturated carbocycles. The third-order valence-electron chi connectivity index (χ3n) is 5.57. The smallest absolute Gasteiger partial charge is 0.352 e. The second kappa shape index (κ2) is 7.48. The number of likely N-dealkylation sites (tertiary alicyclic amines) is 1. The molecule has 2 heterocycles. The van der Waals surface area contributed by atoms with E-state index in [4.69, 9.17) is 5.73 Å². The summed E-state index contributed by atoms with van der Waals surface area (Å²) in [5.41, 5.74) is 9.46. The summed E-state index contributed by atoms with van der Waals surface area (Å²) in [4.78, 5) is 29.0. The number of nitrogens with one attached hydrogen (secondary N) is 1. The van der Waals surface area contributed by atoms with E-state index >= 15 is 0 Å². The lowest BCUT2D eigenvalue weighted by atomic mass is 9.88. The van der Waals surface area contributed by atoms with E-state index in [1.54, 1.807) is 18.2 Å². The number of carbonyl (C=O) groups is 2. The molecule has 1 fully saturated rings. The van der Waals surface area contributed by atoms with E-state index in [9.17, 15) is 14.7 Å². The first kappa shape index (κ1) is 18.3. The number of carboxylic acids is 1. The fourth-order valence-corrected chi connectivity index (χ4v) is 4.02. The number of piperidine rings is 1. The molecule has 3 aromatic rings. The lowest BCUT2D eigenvalue weighted by Crippen LogP contribution is -2.38. The Morgan fingerprint density at radius 2 is 1.86 bits per heavy atom. The molecular formula is C22H23N3O3. The minimum absolute atomic E-state index is 0.0457. The molecule has 1 aliphatic rings.